The quantitative estimate of drug-likeness (QED) is 0.729. The smallest absolute Gasteiger partial charge is 0.338 e. The van der Waals surface area contributed by atoms with E-state index in [0.717, 1.165) is 17.4 Å². The predicted octanol–water partition coefficient (Wildman–Crippen LogP) is 2.65. The van der Waals surface area contributed by atoms with Gasteiger partial charge in [0.2, 0.25) is 10.0 Å². The molecule has 0 saturated carbocycles. The molecular weight excluding hydrogens is 408 g/mol. The van der Waals surface area contributed by atoms with Crippen molar-refractivity contribution in [2.24, 2.45) is 0 Å². The molecule has 9 heteroatoms. The van der Waals surface area contributed by atoms with E-state index in [1.165, 1.54) is 10.4 Å². The molecule has 30 heavy (non-hydrogen) atoms. The number of rotatable bonds is 5. The summed E-state index contributed by atoms with van der Waals surface area (Å²) in [6, 6.07) is 9.98. The number of nitrogens with zero attached hydrogens (tertiary/aromatic N) is 1. The molecule has 2 aromatic carbocycles. The van der Waals surface area contributed by atoms with Crippen molar-refractivity contribution in [2.75, 3.05) is 29.0 Å². The van der Waals surface area contributed by atoms with Gasteiger partial charge in [-0.05, 0) is 56.2 Å². The molecule has 1 heterocycles. The normalized spacial score (nSPS) is 15.7. The maximum atomic E-state index is 12.9. The van der Waals surface area contributed by atoms with Crippen LogP contribution in [0.25, 0.3) is 0 Å². The van der Waals surface area contributed by atoms with E-state index in [-0.39, 0.29) is 13.2 Å². The summed E-state index contributed by atoms with van der Waals surface area (Å²) in [5.74, 6) is -0.692. The first-order valence-electron chi connectivity index (χ1n) is 9.43. The molecule has 0 radical (unpaired) electrons. The molecule has 1 amide bonds. The third-order valence-electron chi connectivity index (χ3n) is 4.68. The SMILES string of the molecule is CCOC(=O)c1ccc(C)c(NC(=O)[C@H]2CN(S(C)(=O)=O)c3cc(C)ccc3O2)c1. The summed E-state index contributed by atoms with van der Waals surface area (Å²) >= 11 is 0. The van der Waals surface area contributed by atoms with E-state index in [1.54, 1.807) is 44.2 Å². The zero-order chi connectivity index (χ0) is 22.1. The van der Waals surface area contributed by atoms with Crippen LogP contribution in [0.4, 0.5) is 11.4 Å². The maximum absolute atomic E-state index is 12.9. The Morgan fingerprint density at radius 2 is 1.93 bits per heavy atom. The van der Waals surface area contributed by atoms with Gasteiger partial charge in [0.25, 0.3) is 5.91 Å². The van der Waals surface area contributed by atoms with Gasteiger partial charge >= 0.3 is 5.97 Å². The first-order valence-corrected chi connectivity index (χ1v) is 11.3. The van der Waals surface area contributed by atoms with Gasteiger partial charge in [-0.25, -0.2) is 13.2 Å². The standard InChI is InChI=1S/C21H24N2O6S/c1-5-28-21(25)15-8-7-14(3)16(11-15)22-20(24)19-12-23(30(4,26)27)17-10-13(2)6-9-18(17)29-19/h6-11,19H,5,12H2,1-4H3,(H,22,24)/t19-/m1/s1. The molecule has 2 aromatic rings. The van der Waals surface area contributed by atoms with Gasteiger partial charge in [-0.2, -0.15) is 0 Å². The van der Waals surface area contributed by atoms with Crippen LogP contribution >= 0.6 is 0 Å². The largest absolute Gasteiger partial charge is 0.476 e. The topological polar surface area (TPSA) is 102 Å². The van der Waals surface area contributed by atoms with Crippen molar-refractivity contribution in [1.29, 1.82) is 0 Å². The summed E-state index contributed by atoms with van der Waals surface area (Å²) in [7, 11) is -3.62. The van der Waals surface area contributed by atoms with Crippen LogP contribution in [0.3, 0.4) is 0 Å². The minimum Gasteiger partial charge on any atom is -0.476 e. The predicted molar refractivity (Wildman–Crippen MR) is 114 cm³/mol. The van der Waals surface area contributed by atoms with E-state index >= 15 is 0 Å². The number of benzene rings is 2. The molecule has 0 saturated heterocycles. The van der Waals surface area contributed by atoms with Crippen LogP contribution in [0.15, 0.2) is 36.4 Å². The third kappa shape index (κ3) is 4.56. The van der Waals surface area contributed by atoms with E-state index in [4.69, 9.17) is 9.47 Å². The van der Waals surface area contributed by atoms with Crippen LogP contribution in [-0.2, 0) is 19.6 Å². The monoisotopic (exact) mass is 432 g/mol. The highest BCUT2D eigenvalue weighted by Crippen LogP contribution is 2.36. The van der Waals surface area contributed by atoms with Gasteiger partial charge in [0, 0.05) is 5.69 Å². The van der Waals surface area contributed by atoms with Gasteiger partial charge in [-0.3, -0.25) is 9.10 Å². The number of carbonyl (C=O) groups excluding carboxylic acids is 2. The number of hydrogen-bond acceptors (Lipinski definition) is 6. The third-order valence-corrected chi connectivity index (χ3v) is 5.83. The van der Waals surface area contributed by atoms with Crippen LogP contribution in [-0.4, -0.2) is 45.8 Å². The summed E-state index contributed by atoms with van der Waals surface area (Å²) < 4.78 is 36.6. The van der Waals surface area contributed by atoms with E-state index in [0.29, 0.717) is 22.7 Å². The van der Waals surface area contributed by atoms with Crippen LogP contribution < -0.4 is 14.4 Å². The Kier molecular flexibility index (Phi) is 6.02. The first-order chi connectivity index (χ1) is 14.1. The number of carbonyl (C=O) groups is 2. The number of ether oxygens (including phenoxy) is 2. The molecule has 3 rings (SSSR count). The highest BCUT2D eigenvalue weighted by atomic mass is 32.2. The molecule has 0 aliphatic carbocycles. The molecule has 160 valence electrons. The van der Waals surface area contributed by atoms with Gasteiger partial charge in [0.1, 0.15) is 5.75 Å². The van der Waals surface area contributed by atoms with E-state index < -0.39 is 28.0 Å². The Labute approximate surface area is 175 Å². The second-order valence-corrected chi connectivity index (χ2v) is 9.02. The summed E-state index contributed by atoms with van der Waals surface area (Å²) in [4.78, 5) is 24.9. The van der Waals surface area contributed by atoms with Crippen molar-refractivity contribution in [2.45, 2.75) is 26.9 Å². The van der Waals surface area contributed by atoms with Crippen molar-refractivity contribution in [1.82, 2.24) is 0 Å². The lowest BCUT2D eigenvalue weighted by atomic mass is 10.1. The Morgan fingerprint density at radius 3 is 2.60 bits per heavy atom. The Morgan fingerprint density at radius 1 is 1.20 bits per heavy atom. The van der Waals surface area contributed by atoms with E-state index in [9.17, 15) is 18.0 Å². The maximum Gasteiger partial charge on any atom is 0.338 e. The fourth-order valence-electron chi connectivity index (χ4n) is 3.12. The van der Waals surface area contributed by atoms with E-state index in [1.807, 2.05) is 6.92 Å². The van der Waals surface area contributed by atoms with Crippen molar-refractivity contribution < 1.29 is 27.5 Å². The first kappa shape index (κ1) is 21.6. The van der Waals surface area contributed by atoms with Crippen molar-refractivity contribution in [3.63, 3.8) is 0 Å². The molecule has 0 aromatic heterocycles. The number of anilines is 2. The molecule has 0 fully saturated rings. The average molecular weight is 432 g/mol. The molecule has 1 aliphatic heterocycles. The second-order valence-electron chi connectivity index (χ2n) is 7.11. The Hall–Kier alpha value is -3.07. The van der Waals surface area contributed by atoms with Gasteiger partial charge in [0.05, 0.1) is 30.7 Å². The van der Waals surface area contributed by atoms with Crippen LogP contribution in [0.5, 0.6) is 5.75 Å². The highest BCUT2D eigenvalue weighted by Gasteiger charge is 2.35. The van der Waals surface area contributed by atoms with Gasteiger partial charge in [-0.1, -0.05) is 12.1 Å². The highest BCUT2D eigenvalue weighted by molar-refractivity contribution is 7.92. The second kappa shape index (κ2) is 8.35. The van der Waals surface area contributed by atoms with E-state index in [2.05, 4.69) is 5.32 Å². The average Bonchev–Trinajstić information content (AvgIpc) is 2.68. The fraction of sp³-hybridized carbons (Fsp3) is 0.333. The summed E-state index contributed by atoms with van der Waals surface area (Å²) in [6.45, 7) is 5.43. The number of hydrogen-bond donors (Lipinski definition) is 1. The number of fused-ring (bicyclic) bond motifs is 1. The minimum atomic E-state index is -3.62. The molecule has 1 aliphatic rings. The van der Waals surface area contributed by atoms with Crippen molar-refractivity contribution in [3.05, 3.63) is 53.1 Å². The van der Waals surface area contributed by atoms with Crippen LogP contribution in [0.1, 0.15) is 28.4 Å². The number of aryl methyl sites for hydroxylation is 2. The lowest BCUT2D eigenvalue weighted by molar-refractivity contribution is -0.122. The minimum absolute atomic E-state index is 0.155. The summed E-state index contributed by atoms with van der Waals surface area (Å²) in [5, 5.41) is 2.74. The Balaban J connectivity index is 1.87. The number of amides is 1. The van der Waals surface area contributed by atoms with Crippen LogP contribution in [0, 0.1) is 13.8 Å². The zero-order valence-electron chi connectivity index (χ0n) is 17.3. The molecule has 0 bridgehead atoms. The summed E-state index contributed by atoms with van der Waals surface area (Å²) in [5.41, 5.74) is 2.75. The molecule has 1 atom stereocenters. The number of nitrogens with one attached hydrogen (secondary N) is 1. The summed E-state index contributed by atoms with van der Waals surface area (Å²) in [6.07, 6.45) is 0.0346. The van der Waals surface area contributed by atoms with Gasteiger partial charge in [-0.15, -0.1) is 0 Å². The zero-order valence-corrected chi connectivity index (χ0v) is 18.1. The number of esters is 1. The fourth-order valence-corrected chi connectivity index (χ4v) is 4.03. The lowest BCUT2D eigenvalue weighted by Gasteiger charge is -2.34. The van der Waals surface area contributed by atoms with Gasteiger partial charge in [0.15, 0.2) is 6.10 Å². The van der Waals surface area contributed by atoms with Crippen molar-refractivity contribution in [3.8, 4) is 5.75 Å². The molecule has 8 nitrogen and oxygen atoms in total. The molecule has 0 spiro atoms. The molecular formula is C21H24N2O6S. The number of sulfonamides is 1. The van der Waals surface area contributed by atoms with Crippen molar-refractivity contribution >= 4 is 33.3 Å². The van der Waals surface area contributed by atoms with Crippen LogP contribution in [0.2, 0.25) is 0 Å². The van der Waals surface area contributed by atoms with Gasteiger partial charge < -0.3 is 14.8 Å². The Bertz CT molecular complexity index is 1100. The molecule has 0 unspecified atom stereocenters. The lowest BCUT2D eigenvalue weighted by Crippen LogP contribution is -2.48. The molecule has 1 N–H and O–H groups in total.